The SMILES string of the molecule is C#CCNC(=O)[C@@H](NS(=O)(=O)c1ccc(C)cc1)C(C)C. The van der Waals surface area contributed by atoms with Gasteiger partial charge in [0.15, 0.2) is 0 Å². The Kier molecular flexibility index (Phi) is 5.94. The Morgan fingerprint density at radius 2 is 1.86 bits per heavy atom. The van der Waals surface area contributed by atoms with Gasteiger partial charge in [0.2, 0.25) is 15.9 Å². The van der Waals surface area contributed by atoms with Gasteiger partial charge in [-0.25, -0.2) is 8.42 Å². The van der Waals surface area contributed by atoms with E-state index in [0.717, 1.165) is 5.56 Å². The van der Waals surface area contributed by atoms with Crippen LogP contribution in [0.2, 0.25) is 0 Å². The number of amides is 1. The summed E-state index contributed by atoms with van der Waals surface area (Å²) in [7, 11) is -3.75. The van der Waals surface area contributed by atoms with E-state index in [2.05, 4.69) is 16.0 Å². The number of terminal acetylenes is 1. The minimum Gasteiger partial charge on any atom is -0.344 e. The molecule has 0 aliphatic heterocycles. The number of benzene rings is 1. The number of rotatable bonds is 6. The van der Waals surface area contributed by atoms with Gasteiger partial charge in [-0.2, -0.15) is 4.72 Å². The topological polar surface area (TPSA) is 75.3 Å². The molecule has 0 aromatic heterocycles. The van der Waals surface area contributed by atoms with Crippen molar-refractivity contribution in [3.8, 4) is 12.3 Å². The lowest BCUT2D eigenvalue weighted by molar-refractivity contribution is -0.123. The van der Waals surface area contributed by atoms with Crippen LogP contribution in [0.4, 0.5) is 0 Å². The normalized spacial score (nSPS) is 12.7. The summed E-state index contributed by atoms with van der Waals surface area (Å²) in [6, 6.07) is 5.56. The number of carbonyl (C=O) groups is 1. The summed E-state index contributed by atoms with van der Waals surface area (Å²) in [5.74, 6) is 1.65. The van der Waals surface area contributed by atoms with Crippen molar-refractivity contribution in [1.29, 1.82) is 0 Å². The lowest BCUT2D eigenvalue weighted by atomic mass is 10.1. The molecule has 0 fully saturated rings. The molecule has 21 heavy (non-hydrogen) atoms. The molecule has 0 spiro atoms. The molecule has 0 bridgehead atoms. The Morgan fingerprint density at radius 3 is 2.33 bits per heavy atom. The molecule has 114 valence electrons. The van der Waals surface area contributed by atoms with Crippen LogP contribution in [0, 0.1) is 25.2 Å². The fourth-order valence-electron chi connectivity index (χ4n) is 1.69. The molecular weight excluding hydrogens is 288 g/mol. The summed E-state index contributed by atoms with van der Waals surface area (Å²) >= 11 is 0. The van der Waals surface area contributed by atoms with E-state index in [1.807, 2.05) is 6.92 Å². The van der Waals surface area contributed by atoms with E-state index in [0.29, 0.717) is 0 Å². The minimum absolute atomic E-state index is 0.0638. The first-order chi connectivity index (χ1) is 9.77. The van der Waals surface area contributed by atoms with Crippen LogP contribution in [0.15, 0.2) is 29.2 Å². The predicted molar refractivity (Wildman–Crippen MR) is 82.0 cm³/mol. The van der Waals surface area contributed by atoms with Crippen LogP contribution in [0.25, 0.3) is 0 Å². The van der Waals surface area contributed by atoms with Gasteiger partial charge >= 0.3 is 0 Å². The van der Waals surface area contributed by atoms with Gasteiger partial charge in [-0.3, -0.25) is 4.79 Å². The van der Waals surface area contributed by atoms with Gasteiger partial charge in [0.25, 0.3) is 0 Å². The Balaban J connectivity index is 2.95. The lowest BCUT2D eigenvalue weighted by Crippen LogP contribution is -2.49. The maximum Gasteiger partial charge on any atom is 0.241 e. The van der Waals surface area contributed by atoms with Crippen LogP contribution < -0.4 is 10.0 Å². The molecule has 0 radical (unpaired) electrons. The van der Waals surface area contributed by atoms with Crippen molar-refractivity contribution in [2.75, 3.05) is 6.54 Å². The van der Waals surface area contributed by atoms with Crippen molar-refractivity contribution in [2.45, 2.75) is 31.7 Å². The van der Waals surface area contributed by atoms with Gasteiger partial charge in [-0.1, -0.05) is 37.5 Å². The molecule has 0 aliphatic carbocycles. The minimum atomic E-state index is -3.75. The maximum atomic E-state index is 12.3. The fraction of sp³-hybridized carbons (Fsp3) is 0.400. The Labute approximate surface area is 126 Å². The molecule has 2 N–H and O–H groups in total. The molecule has 0 unspecified atom stereocenters. The van der Waals surface area contributed by atoms with Crippen LogP contribution in [0.1, 0.15) is 19.4 Å². The molecule has 1 amide bonds. The van der Waals surface area contributed by atoms with E-state index in [-0.39, 0.29) is 17.4 Å². The van der Waals surface area contributed by atoms with Crippen LogP contribution in [0.3, 0.4) is 0 Å². The van der Waals surface area contributed by atoms with Gasteiger partial charge in [0.1, 0.15) is 6.04 Å². The first kappa shape index (κ1) is 17.2. The quantitative estimate of drug-likeness (QED) is 0.771. The molecule has 0 aliphatic rings. The molecular formula is C15H20N2O3S. The monoisotopic (exact) mass is 308 g/mol. The summed E-state index contributed by atoms with van der Waals surface area (Å²) in [6.45, 7) is 5.46. The molecule has 6 heteroatoms. The summed E-state index contributed by atoms with van der Waals surface area (Å²) < 4.78 is 27.0. The third-order valence-electron chi connectivity index (χ3n) is 2.93. The van der Waals surface area contributed by atoms with E-state index in [1.165, 1.54) is 12.1 Å². The highest BCUT2D eigenvalue weighted by atomic mass is 32.2. The van der Waals surface area contributed by atoms with Crippen molar-refractivity contribution in [3.63, 3.8) is 0 Å². The van der Waals surface area contributed by atoms with E-state index >= 15 is 0 Å². The first-order valence-corrected chi connectivity index (χ1v) is 8.06. The molecule has 1 aromatic carbocycles. The molecule has 0 heterocycles. The number of carbonyl (C=O) groups excluding carboxylic acids is 1. The average molecular weight is 308 g/mol. The Morgan fingerprint density at radius 1 is 1.29 bits per heavy atom. The Bertz CT molecular complexity index is 628. The van der Waals surface area contributed by atoms with Crippen LogP contribution in [0.5, 0.6) is 0 Å². The third-order valence-corrected chi connectivity index (χ3v) is 4.38. The van der Waals surface area contributed by atoms with Gasteiger partial charge in [-0.05, 0) is 25.0 Å². The van der Waals surface area contributed by atoms with Gasteiger partial charge in [0.05, 0.1) is 11.4 Å². The smallest absolute Gasteiger partial charge is 0.241 e. The van der Waals surface area contributed by atoms with E-state index in [9.17, 15) is 13.2 Å². The summed E-state index contributed by atoms with van der Waals surface area (Å²) in [5, 5.41) is 2.49. The Hall–Kier alpha value is -1.84. The molecule has 1 aromatic rings. The van der Waals surface area contributed by atoms with Crippen LogP contribution in [-0.4, -0.2) is 26.9 Å². The van der Waals surface area contributed by atoms with Crippen molar-refractivity contribution in [1.82, 2.24) is 10.0 Å². The first-order valence-electron chi connectivity index (χ1n) is 6.58. The highest BCUT2D eigenvalue weighted by Gasteiger charge is 2.27. The van der Waals surface area contributed by atoms with Crippen molar-refractivity contribution in [2.24, 2.45) is 5.92 Å². The standard InChI is InChI=1S/C15H20N2O3S/c1-5-10-16-15(18)14(11(2)3)17-21(19,20)13-8-6-12(4)7-9-13/h1,6-9,11,14,17H,10H2,2-4H3,(H,16,18)/t14-/m0/s1. The maximum absolute atomic E-state index is 12.3. The second kappa shape index (κ2) is 7.25. The van der Waals surface area contributed by atoms with Crippen molar-refractivity contribution in [3.05, 3.63) is 29.8 Å². The van der Waals surface area contributed by atoms with Gasteiger partial charge < -0.3 is 5.32 Å². The predicted octanol–water partition coefficient (Wildman–Crippen LogP) is 1.05. The van der Waals surface area contributed by atoms with E-state index < -0.39 is 22.0 Å². The van der Waals surface area contributed by atoms with Gasteiger partial charge in [0, 0.05) is 0 Å². The summed E-state index contributed by atoms with van der Waals surface area (Å²) in [5.41, 5.74) is 0.959. The van der Waals surface area contributed by atoms with Crippen LogP contribution >= 0.6 is 0 Å². The van der Waals surface area contributed by atoms with E-state index in [1.54, 1.807) is 26.0 Å². The largest absolute Gasteiger partial charge is 0.344 e. The fourth-order valence-corrected chi connectivity index (χ4v) is 3.04. The number of nitrogens with one attached hydrogen (secondary N) is 2. The number of hydrogen-bond acceptors (Lipinski definition) is 3. The highest BCUT2D eigenvalue weighted by Crippen LogP contribution is 2.13. The van der Waals surface area contributed by atoms with Gasteiger partial charge in [-0.15, -0.1) is 6.42 Å². The second-order valence-electron chi connectivity index (χ2n) is 5.08. The zero-order chi connectivity index (χ0) is 16.0. The van der Waals surface area contributed by atoms with E-state index in [4.69, 9.17) is 6.42 Å². The molecule has 0 saturated carbocycles. The zero-order valence-electron chi connectivity index (χ0n) is 12.4. The van der Waals surface area contributed by atoms with Crippen LogP contribution in [-0.2, 0) is 14.8 Å². The van der Waals surface area contributed by atoms with Crippen molar-refractivity contribution >= 4 is 15.9 Å². The number of sulfonamides is 1. The lowest BCUT2D eigenvalue weighted by Gasteiger charge is -2.21. The highest BCUT2D eigenvalue weighted by molar-refractivity contribution is 7.89. The second-order valence-corrected chi connectivity index (χ2v) is 6.79. The zero-order valence-corrected chi connectivity index (χ0v) is 13.2. The molecule has 0 saturated heterocycles. The molecule has 1 rings (SSSR count). The molecule has 5 nitrogen and oxygen atoms in total. The van der Waals surface area contributed by atoms with Crippen molar-refractivity contribution < 1.29 is 13.2 Å². The number of aryl methyl sites for hydroxylation is 1. The number of hydrogen-bond donors (Lipinski definition) is 2. The summed E-state index contributed by atoms with van der Waals surface area (Å²) in [4.78, 5) is 12.1. The third kappa shape index (κ3) is 4.88. The summed E-state index contributed by atoms with van der Waals surface area (Å²) in [6.07, 6.45) is 5.08. The molecule has 1 atom stereocenters. The average Bonchev–Trinajstić information content (AvgIpc) is 2.42.